The summed E-state index contributed by atoms with van der Waals surface area (Å²) >= 11 is 0. The number of hydrogen-bond acceptors (Lipinski definition) is 3. The third-order valence-corrected chi connectivity index (χ3v) is 3.96. The van der Waals surface area contributed by atoms with Crippen molar-refractivity contribution in [1.82, 2.24) is 5.32 Å². The lowest BCUT2D eigenvalue weighted by Crippen LogP contribution is -2.21. The number of nitrogens with one attached hydrogen (secondary N) is 2. The largest absolute Gasteiger partial charge is 0.339 e. The van der Waals surface area contributed by atoms with Crippen LogP contribution in [0, 0.1) is 0 Å². The zero-order valence-electron chi connectivity index (χ0n) is 12.8. The van der Waals surface area contributed by atoms with E-state index in [0.717, 1.165) is 24.3 Å². The van der Waals surface area contributed by atoms with E-state index in [9.17, 15) is 4.79 Å². The highest BCUT2D eigenvalue weighted by Crippen LogP contribution is 2.38. The Balaban J connectivity index is 1.85. The predicted octanol–water partition coefficient (Wildman–Crippen LogP) is 2.93. The summed E-state index contributed by atoms with van der Waals surface area (Å²) in [4.78, 5) is 14.3. The SMILES string of the molecule is CNCCC(=O)Nc1ccccc1N1CCc2ccccc21. The average Bonchev–Trinajstić information content (AvgIpc) is 2.97. The molecule has 0 bridgehead atoms. The Bertz CT molecular complexity index is 669. The molecule has 1 aliphatic rings. The third-order valence-electron chi connectivity index (χ3n) is 3.96. The molecule has 1 aliphatic heterocycles. The Morgan fingerprint density at radius 1 is 1.09 bits per heavy atom. The second-order valence-corrected chi connectivity index (χ2v) is 5.45. The number of anilines is 3. The van der Waals surface area contributed by atoms with Gasteiger partial charge in [-0.1, -0.05) is 30.3 Å². The topological polar surface area (TPSA) is 44.4 Å². The van der Waals surface area contributed by atoms with E-state index in [2.05, 4.69) is 45.9 Å². The normalized spacial score (nSPS) is 13.0. The van der Waals surface area contributed by atoms with Crippen LogP contribution in [0.5, 0.6) is 0 Å². The van der Waals surface area contributed by atoms with Crippen LogP contribution in [0.15, 0.2) is 48.5 Å². The monoisotopic (exact) mass is 295 g/mol. The Morgan fingerprint density at radius 2 is 1.82 bits per heavy atom. The molecule has 114 valence electrons. The summed E-state index contributed by atoms with van der Waals surface area (Å²) in [5.41, 5.74) is 4.53. The Hall–Kier alpha value is -2.33. The number of amides is 1. The molecule has 3 rings (SSSR count). The first-order valence-corrected chi connectivity index (χ1v) is 7.68. The third kappa shape index (κ3) is 2.97. The molecule has 1 heterocycles. The molecule has 0 saturated carbocycles. The van der Waals surface area contributed by atoms with Crippen molar-refractivity contribution in [1.29, 1.82) is 0 Å². The molecular weight excluding hydrogens is 274 g/mol. The molecule has 22 heavy (non-hydrogen) atoms. The van der Waals surface area contributed by atoms with E-state index in [-0.39, 0.29) is 5.91 Å². The summed E-state index contributed by atoms with van der Waals surface area (Å²) in [7, 11) is 1.85. The lowest BCUT2D eigenvalue weighted by atomic mass is 10.1. The van der Waals surface area contributed by atoms with Crippen molar-refractivity contribution in [2.75, 3.05) is 30.4 Å². The first-order chi connectivity index (χ1) is 10.8. The van der Waals surface area contributed by atoms with Gasteiger partial charge in [0.15, 0.2) is 0 Å². The van der Waals surface area contributed by atoms with Gasteiger partial charge in [-0.2, -0.15) is 0 Å². The van der Waals surface area contributed by atoms with Crippen LogP contribution in [0.2, 0.25) is 0 Å². The van der Waals surface area contributed by atoms with Crippen LogP contribution in [0.4, 0.5) is 17.1 Å². The smallest absolute Gasteiger partial charge is 0.225 e. The lowest BCUT2D eigenvalue weighted by molar-refractivity contribution is -0.116. The van der Waals surface area contributed by atoms with Crippen molar-refractivity contribution in [3.05, 3.63) is 54.1 Å². The molecule has 0 unspecified atom stereocenters. The highest BCUT2D eigenvalue weighted by Gasteiger charge is 2.22. The Kier molecular flexibility index (Phi) is 4.39. The van der Waals surface area contributed by atoms with Gasteiger partial charge in [-0.15, -0.1) is 0 Å². The molecule has 2 aromatic rings. The van der Waals surface area contributed by atoms with Crippen LogP contribution in [0.1, 0.15) is 12.0 Å². The molecule has 4 nitrogen and oxygen atoms in total. The van der Waals surface area contributed by atoms with Gasteiger partial charge in [0.25, 0.3) is 0 Å². The highest BCUT2D eigenvalue weighted by atomic mass is 16.1. The van der Waals surface area contributed by atoms with Gasteiger partial charge in [0.1, 0.15) is 0 Å². The van der Waals surface area contributed by atoms with Gasteiger partial charge in [-0.25, -0.2) is 0 Å². The van der Waals surface area contributed by atoms with E-state index in [1.165, 1.54) is 11.3 Å². The van der Waals surface area contributed by atoms with Gasteiger partial charge >= 0.3 is 0 Å². The standard InChI is InChI=1S/C18H21N3O/c1-19-12-10-18(22)20-15-7-3-5-9-17(15)21-13-11-14-6-2-4-8-16(14)21/h2-9,19H,10-13H2,1H3,(H,20,22). The van der Waals surface area contributed by atoms with Gasteiger partial charge in [-0.3, -0.25) is 4.79 Å². The van der Waals surface area contributed by atoms with Crippen LogP contribution in [0.25, 0.3) is 0 Å². The summed E-state index contributed by atoms with van der Waals surface area (Å²) in [6.07, 6.45) is 1.51. The fraction of sp³-hybridized carbons (Fsp3) is 0.278. The number of carbonyl (C=O) groups excluding carboxylic acids is 1. The number of hydrogen-bond donors (Lipinski definition) is 2. The van der Waals surface area contributed by atoms with Gasteiger partial charge in [0.2, 0.25) is 5.91 Å². The summed E-state index contributed by atoms with van der Waals surface area (Å²) in [5, 5.41) is 6.03. The van der Waals surface area contributed by atoms with Crippen LogP contribution in [-0.4, -0.2) is 26.0 Å². The van der Waals surface area contributed by atoms with Gasteiger partial charge in [0.05, 0.1) is 11.4 Å². The van der Waals surface area contributed by atoms with Crippen molar-refractivity contribution in [2.45, 2.75) is 12.8 Å². The van der Waals surface area contributed by atoms with E-state index in [0.29, 0.717) is 13.0 Å². The number of carbonyl (C=O) groups is 1. The zero-order chi connectivity index (χ0) is 15.4. The summed E-state index contributed by atoms with van der Waals surface area (Å²) in [5.74, 6) is 0.0364. The number of fused-ring (bicyclic) bond motifs is 1. The maximum atomic E-state index is 12.0. The first-order valence-electron chi connectivity index (χ1n) is 7.68. The van der Waals surface area contributed by atoms with Crippen molar-refractivity contribution in [3.8, 4) is 0 Å². The maximum Gasteiger partial charge on any atom is 0.225 e. The highest BCUT2D eigenvalue weighted by molar-refractivity contribution is 5.95. The summed E-state index contributed by atoms with van der Waals surface area (Å²) < 4.78 is 0. The van der Waals surface area contributed by atoms with Crippen molar-refractivity contribution >= 4 is 23.0 Å². The second-order valence-electron chi connectivity index (χ2n) is 5.45. The van der Waals surface area contributed by atoms with E-state index in [1.54, 1.807) is 0 Å². The van der Waals surface area contributed by atoms with Gasteiger partial charge in [-0.05, 0) is 37.2 Å². The average molecular weight is 295 g/mol. The fourth-order valence-electron chi connectivity index (χ4n) is 2.85. The molecule has 2 N–H and O–H groups in total. The number of benzene rings is 2. The molecule has 0 radical (unpaired) electrons. The van der Waals surface area contributed by atoms with E-state index in [4.69, 9.17) is 0 Å². The minimum Gasteiger partial charge on any atom is -0.339 e. The van der Waals surface area contributed by atoms with Crippen molar-refractivity contribution in [2.24, 2.45) is 0 Å². The van der Waals surface area contributed by atoms with Crippen LogP contribution >= 0.6 is 0 Å². The molecule has 4 heteroatoms. The minimum absolute atomic E-state index is 0.0364. The van der Waals surface area contributed by atoms with Crippen LogP contribution < -0.4 is 15.5 Å². The van der Waals surface area contributed by atoms with Gasteiger partial charge in [0, 0.05) is 25.2 Å². The van der Waals surface area contributed by atoms with E-state index in [1.807, 2.05) is 25.2 Å². The number of para-hydroxylation sites is 3. The molecule has 2 aromatic carbocycles. The Morgan fingerprint density at radius 3 is 2.64 bits per heavy atom. The van der Waals surface area contributed by atoms with E-state index >= 15 is 0 Å². The van der Waals surface area contributed by atoms with Gasteiger partial charge < -0.3 is 15.5 Å². The molecule has 0 aromatic heterocycles. The van der Waals surface area contributed by atoms with Crippen molar-refractivity contribution < 1.29 is 4.79 Å². The number of nitrogens with zero attached hydrogens (tertiary/aromatic N) is 1. The first kappa shape index (κ1) is 14.6. The lowest BCUT2D eigenvalue weighted by Gasteiger charge is -2.23. The second kappa shape index (κ2) is 6.62. The number of rotatable bonds is 5. The molecule has 1 amide bonds. The van der Waals surface area contributed by atoms with E-state index < -0.39 is 0 Å². The molecule has 0 atom stereocenters. The molecule has 0 fully saturated rings. The van der Waals surface area contributed by atoms with Crippen LogP contribution in [-0.2, 0) is 11.2 Å². The molecule has 0 saturated heterocycles. The predicted molar refractivity (Wildman–Crippen MR) is 90.8 cm³/mol. The molecular formula is C18H21N3O. The molecule has 0 aliphatic carbocycles. The summed E-state index contributed by atoms with van der Waals surface area (Å²) in [6, 6.07) is 16.5. The molecule has 0 spiro atoms. The van der Waals surface area contributed by atoms with Crippen LogP contribution in [0.3, 0.4) is 0 Å². The fourth-order valence-corrected chi connectivity index (χ4v) is 2.85. The minimum atomic E-state index is 0.0364. The maximum absolute atomic E-state index is 12.0. The quantitative estimate of drug-likeness (QED) is 0.891. The zero-order valence-corrected chi connectivity index (χ0v) is 12.8. The summed E-state index contributed by atoms with van der Waals surface area (Å²) in [6.45, 7) is 1.63. The van der Waals surface area contributed by atoms with Crippen molar-refractivity contribution in [3.63, 3.8) is 0 Å². The Labute approximate surface area is 131 Å².